The molecule has 1 aromatic heterocycles. The van der Waals surface area contributed by atoms with Gasteiger partial charge in [-0.2, -0.15) is 0 Å². The molecule has 4 aromatic carbocycles. The van der Waals surface area contributed by atoms with Gasteiger partial charge in [0.1, 0.15) is 28.2 Å². The average Bonchev–Trinajstić information content (AvgIpc) is 3.10. The van der Waals surface area contributed by atoms with Crippen LogP contribution in [0.1, 0.15) is 13.8 Å². The van der Waals surface area contributed by atoms with E-state index in [0.29, 0.717) is 5.02 Å². The third kappa shape index (κ3) is 3.63. The standard InChI is InChI=1S/C30H28ClN4O2/c1-30(2)33(3)28-18-27-25(17-29(28)35(30)21-9-13-23(37-5)14-10-21)32-24-16-19(31)6-15-26(24)34(27)20-7-11-22(36-4)12-8-20/h6-18H,1-5H3/q+1. The van der Waals surface area contributed by atoms with Gasteiger partial charge in [-0.05, 0) is 68.4 Å². The maximum absolute atomic E-state index is 6.40. The Hall–Kier alpha value is -4.03. The Kier molecular flexibility index (Phi) is 5.39. The van der Waals surface area contributed by atoms with Crippen molar-refractivity contribution < 1.29 is 14.0 Å². The molecule has 186 valence electrons. The fourth-order valence-electron chi connectivity index (χ4n) is 5.24. The van der Waals surface area contributed by atoms with Crippen LogP contribution in [0, 0.1) is 0 Å². The minimum atomic E-state index is -0.304. The number of anilines is 3. The van der Waals surface area contributed by atoms with Crippen molar-refractivity contribution in [3.63, 3.8) is 0 Å². The number of hydrogen-bond donors (Lipinski definition) is 0. The summed E-state index contributed by atoms with van der Waals surface area (Å²) in [6.07, 6.45) is 0. The minimum absolute atomic E-state index is 0.304. The molecule has 37 heavy (non-hydrogen) atoms. The molecule has 0 spiro atoms. The normalized spacial score (nSPS) is 14.3. The Labute approximate surface area is 221 Å². The van der Waals surface area contributed by atoms with Crippen LogP contribution in [0.2, 0.25) is 5.02 Å². The highest BCUT2D eigenvalue weighted by atomic mass is 35.5. The Morgan fingerprint density at radius 3 is 2.03 bits per heavy atom. The largest absolute Gasteiger partial charge is 0.497 e. The van der Waals surface area contributed by atoms with Crippen LogP contribution < -0.4 is 23.8 Å². The van der Waals surface area contributed by atoms with Crippen LogP contribution in [-0.4, -0.2) is 31.9 Å². The molecule has 0 unspecified atom stereocenters. The van der Waals surface area contributed by atoms with Crippen molar-refractivity contribution in [1.82, 2.24) is 4.98 Å². The van der Waals surface area contributed by atoms with Crippen LogP contribution in [0.5, 0.6) is 11.5 Å². The lowest BCUT2D eigenvalue weighted by atomic mass is 10.1. The summed E-state index contributed by atoms with van der Waals surface area (Å²) in [5.41, 5.74) is 7.74. The van der Waals surface area contributed by atoms with E-state index in [2.05, 4.69) is 71.7 Å². The van der Waals surface area contributed by atoms with Gasteiger partial charge in [0.25, 0.3) is 0 Å². The van der Waals surface area contributed by atoms with Crippen molar-refractivity contribution in [2.45, 2.75) is 19.5 Å². The van der Waals surface area contributed by atoms with Gasteiger partial charge in [-0.3, -0.25) is 0 Å². The summed E-state index contributed by atoms with van der Waals surface area (Å²) in [5, 5.41) is 0.655. The van der Waals surface area contributed by atoms with Crippen LogP contribution in [0.25, 0.3) is 27.8 Å². The second kappa shape index (κ2) is 8.53. The van der Waals surface area contributed by atoms with Crippen molar-refractivity contribution >= 4 is 50.7 Å². The van der Waals surface area contributed by atoms with Gasteiger partial charge in [0.15, 0.2) is 0 Å². The molecule has 5 aromatic rings. The molecule has 1 aliphatic rings. The zero-order valence-electron chi connectivity index (χ0n) is 21.5. The summed E-state index contributed by atoms with van der Waals surface area (Å²) in [5.74, 6) is 1.64. The molecule has 0 bridgehead atoms. The molecular weight excluding hydrogens is 484 g/mol. The van der Waals surface area contributed by atoms with Gasteiger partial charge in [-0.1, -0.05) is 11.6 Å². The van der Waals surface area contributed by atoms with Crippen molar-refractivity contribution in [2.24, 2.45) is 0 Å². The molecule has 6 nitrogen and oxygen atoms in total. The summed E-state index contributed by atoms with van der Waals surface area (Å²) in [6.45, 7) is 4.45. The average molecular weight is 512 g/mol. The molecular formula is C30H28ClN4O2+. The molecule has 0 aliphatic carbocycles. The van der Waals surface area contributed by atoms with Crippen LogP contribution in [0.3, 0.4) is 0 Å². The minimum Gasteiger partial charge on any atom is -0.497 e. The Morgan fingerprint density at radius 2 is 1.38 bits per heavy atom. The van der Waals surface area contributed by atoms with E-state index in [9.17, 15) is 0 Å². The predicted octanol–water partition coefficient (Wildman–Crippen LogP) is 6.66. The van der Waals surface area contributed by atoms with Gasteiger partial charge in [0, 0.05) is 42.0 Å². The first kappa shape index (κ1) is 23.4. The van der Waals surface area contributed by atoms with E-state index in [0.717, 1.165) is 56.3 Å². The van der Waals surface area contributed by atoms with E-state index in [1.54, 1.807) is 14.2 Å². The van der Waals surface area contributed by atoms with Gasteiger partial charge >= 0.3 is 0 Å². The van der Waals surface area contributed by atoms with Gasteiger partial charge in [0.2, 0.25) is 16.7 Å². The number of halogens is 1. The van der Waals surface area contributed by atoms with Crippen molar-refractivity contribution in [3.05, 3.63) is 83.9 Å². The highest BCUT2D eigenvalue weighted by molar-refractivity contribution is 6.31. The Morgan fingerprint density at radius 1 is 0.757 bits per heavy atom. The zero-order chi connectivity index (χ0) is 25.9. The SMILES string of the molecule is COc1ccc(N2c3cc4nc5cc(Cl)ccc5[n+](-c5ccc(OC)cc5)c4cc3N(C)C2(C)C)cc1. The lowest BCUT2D eigenvalue weighted by Gasteiger charge is -2.38. The fourth-order valence-corrected chi connectivity index (χ4v) is 5.41. The van der Waals surface area contributed by atoms with Crippen molar-refractivity contribution in [3.8, 4) is 17.2 Å². The molecule has 0 saturated carbocycles. The molecule has 1 aliphatic heterocycles. The summed E-state index contributed by atoms with van der Waals surface area (Å²) in [6, 6.07) is 26.5. The topological polar surface area (TPSA) is 41.7 Å². The highest BCUT2D eigenvalue weighted by Gasteiger charge is 2.42. The van der Waals surface area contributed by atoms with Crippen LogP contribution in [0.15, 0.2) is 78.9 Å². The van der Waals surface area contributed by atoms with Crippen molar-refractivity contribution in [1.29, 1.82) is 0 Å². The third-order valence-corrected chi connectivity index (χ3v) is 7.60. The van der Waals surface area contributed by atoms with E-state index in [1.165, 1.54) is 0 Å². The highest BCUT2D eigenvalue weighted by Crippen LogP contribution is 2.49. The number of benzene rings is 4. The summed E-state index contributed by atoms with van der Waals surface area (Å²) >= 11 is 6.40. The van der Waals surface area contributed by atoms with E-state index in [4.69, 9.17) is 26.1 Å². The summed E-state index contributed by atoms with van der Waals surface area (Å²) in [4.78, 5) is 9.73. The molecule has 0 saturated heterocycles. The number of methoxy groups -OCH3 is 2. The first-order valence-corrected chi connectivity index (χ1v) is 12.5. The molecule has 0 N–H and O–H groups in total. The predicted molar refractivity (Wildman–Crippen MR) is 150 cm³/mol. The second-order valence-electron chi connectivity index (χ2n) is 9.69. The molecule has 7 heteroatoms. The molecule has 2 heterocycles. The third-order valence-electron chi connectivity index (χ3n) is 7.36. The number of ether oxygens (including phenoxy) is 2. The number of nitrogens with zero attached hydrogens (tertiary/aromatic N) is 4. The zero-order valence-corrected chi connectivity index (χ0v) is 22.2. The van der Waals surface area contributed by atoms with E-state index in [-0.39, 0.29) is 5.66 Å². The monoisotopic (exact) mass is 511 g/mol. The van der Waals surface area contributed by atoms with Gasteiger partial charge in [-0.25, -0.2) is 4.98 Å². The lowest BCUT2D eigenvalue weighted by Crippen LogP contribution is -2.48. The Balaban J connectivity index is 1.64. The molecule has 0 atom stereocenters. The second-order valence-corrected chi connectivity index (χ2v) is 10.1. The number of fused-ring (bicyclic) bond motifs is 3. The first-order valence-electron chi connectivity index (χ1n) is 12.1. The first-order chi connectivity index (χ1) is 17.8. The quantitative estimate of drug-likeness (QED) is 0.199. The maximum atomic E-state index is 6.40. The fraction of sp³-hybridized carbons (Fsp3) is 0.200. The van der Waals surface area contributed by atoms with Crippen molar-refractivity contribution in [2.75, 3.05) is 31.1 Å². The van der Waals surface area contributed by atoms with Crippen LogP contribution >= 0.6 is 11.6 Å². The molecule has 6 rings (SSSR count). The lowest BCUT2D eigenvalue weighted by molar-refractivity contribution is -0.538. The van der Waals surface area contributed by atoms with Gasteiger partial charge < -0.3 is 19.3 Å². The van der Waals surface area contributed by atoms with E-state index >= 15 is 0 Å². The summed E-state index contributed by atoms with van der Waals surface area (Å²) in [7, 11) is 5.50. The van der Waals surface area contributed by atoms with E-state index in [1.807, 2.05) is 42.5 Å². The van der Waals surface area contributed by atoms with Crippen LogP contribution in [0.4, 0.5) is 17.1 Å². The summed E-state index contributed by atoms with van der Waals surface area (Å²) < 4.78 is 13.0. The van der Waals surface area contributed by atoms with Gasteiger partial charge in [-0.15, -0.1) is 4.57 Å². The smallest absolute Gasteiger partial charge is 0.239 e. The Bertz CT molecular complexity index is 1650. The number of aromatic nitrogens is 2. The molecule has 0 radical (unpaired) electrons. The van der Waals surface area contributed by atoms with E-state index < -0.39 is 0 Å². The number of hydrogen-bond acceptors (Lipinski definition) is 5. The van der Waals surface area contributed by atoms with Gasteiger partial charge in [0.05, 0.1) is 25.6 Å². The molecule has 0 amide bonds. The maximum Gasteiger partial charge on any atom is 0.239 e. The van der Waals surface area contributed by atoms with Crippen LogP contribution in [-0.2, 0) is 0 Å². The number of rotatable bonds is 4. The molecule has 0 fully saturated rings.